The van der Waals surface area contributed by atoms with Crippen molar-refractivity contribution in [2.45, 2.75) is 13.5 Å². The summed E-state index contributed by atoms with van der Waals surface area (Å²) >= 11 is 19.2. The van der Waals surface area contributed by atoms with Crippen molar-refractivity contribution < 1.29 is 9.53 Å². The van der Waals surface area contributed by atoms with Crippen LogP contribution < -0.4 is 0 Å². The first-order valence-corrected chi connectivity index (χ1v) is 9.15. The van der Waals surface area contributed by atoms with Gasteiger partial charge in [0.15, 0.2) is 5.69 Å². The lowest BCUT2D eigenvalue weighted by Crippen LogP contribution is -2.08. The molecule has 0 amide bonds. The molecule has 0 saturated heterocycles. The number of ether oxygens (including phenoxy) is 1. The fourth-order valence-corrected chi connectivity index (χ4v) is 3.36. The highest BCUT2D eigenvalue weighted by atomic mass is 35.5. The van der Waals surface area contributed by atoms with Crippen molar-refractivity contribution in [3.63, 3.8) is 0 Å². The van der Waals surface area contributed by atoms with Crippen LogP contribution in [0.1, 0.15) is 21.7 Å². The highest BCUT2D eigenvalue weighted by Crippen LogP contribution is 2.31. The van der Waals surface area contributed by atoms with E-state index in [-0.39, 0.29) is 27.4 Å². The third kappa shape index (κ3) is 4.12. The molecule has 0 aliphatic heterocycles. The number of halogens is 3. The zero-order valence-corrected chi connectivity index (χ0v) is 16.0. The van der Waals surface area contributed by atoms with Crippen molar-refractivity contribution in [2.24, 2.45) is 0 Å². The van der Waals surface area contributed by atoms with E-state index in [0.29, 0.717) is 5.69 Å². The van der Waals surface area contributed by atoms with Crippen LogP contribution in [-0.4, -0.2) is 15.9 Å². The van der Waals surface area contributed by atoms with Crippen LogP contribution in [0.3, 0.4) is 0 Å². The maximum absolute atomic E-state index is 12.1. The minimum atomic E-state index is -0.687. The number of carbonyl (C=O) groups is 1. The van der Waals surface area contributed by atoms with Crippen molar-refractivity contribution in [2.75, 3.05) is 0 Å². The van der Waals surface area contributed by atoms with Crippen LogP contribution >= 0.6 is 46.1 Å². The number of pyridine rings is 1. The van der Waals surface area contributed by atoms with Crippen LogP contribution in [0.4, 0.5) is 0 Å². The molecule has 0 aliphatic rings. The van der Waals surface area contributed by atoms with Gasteiger partial charge in [0, 0.05) is 17.1 Å². The van der Waals surface area contributed by atoms with Gasteiger partial charge in [-0.05, 0) is 6.92 Å². The molecule has 2 aromatic heterocycles. The topological polar surface area (TPSA) is 52.1 Å². The maximum atomic E-state index is 12.1. The number of hydrogen-bond donors (Lipinski definition) is 0. The van der Waals surface area contributed by atoms with E-state index in [1.54, 1.807) is 0 Å². The summed E-state index contributed by atoms with van der Waals surface area (Å²) in [5, 5.41) is 2.91. The first kappa shape index (κ1) is 18.1. The SMILES string of the molecule is Cc1ccc(-c2nc(COC(=O)c3ncc(Cl)c(Cl)c3Cl)cs2)cc1. The van der Waals surface area contributed by atoms with Crippen molar-refractivity contribution in [3.8, 4) is 10.6 Å². The molecule has 0 saturated carbocycles. The molecule has 0 aliphatic carbocycles. The standard InChI is InChI=1S/C17H11Cl3N2O2S/c1-9-2-4-10(5-3-9)16-22-11(8-25-16)7-24-17(23)15-14(20)13(19)12(18)6-21-15/h2-6,8H,7H2,1H3. The molecule has 1 aromatic carbocycles. The Bertz CT molecular complexity index is 926. The lowest BCUT2D eigenvalue weighted by molar-refractivity contribution is 0.0462. The van der Waals surface area contributed by atoms with Gasteiger partial charge in [-0.3, -0.25) is 0 Å². The summed E-state index contributed by atoms with van der Waals surface area (Å²) in [6.07, 6.45) is 1.25. The molecule has 0 unspecified atom stereocenters. The predicted molar refractivity (Wildman–Crippen MR) is 101 cm³/mol. The van der Waals surface area contributed by atoms with Gasteiger partial charge in [-0.25, -0.2) is 14.8 Å². The Morgan fingerprint density at radius 2 is 1.88 bits per heavy atom. The van der Waals surface area contributed by atoms with Gasteiger partial charge >= 0.3 is 5.97 Å². The smallest absolute Gasteiger partial charge is 0.358 e. The Balaban J connectivity index is 1.69. The summed E-state index contributed by atoms with van der Waals surface area (Å²) in [7, 11) is 0. The lowest BCUT2D eigenvalue weighted by atomic mass is 10.2. The molecule has 4 nitrogen and oxygen atoms in total. The summed E-state index contributed by atoms with van der Waals surface area (Å²) < 4.78 is 5.21. The molecule has 128 valence electrons. The van der Waals surface area contributed by atoms with Crippen LogP contribution in [0.25, 0.3) is 10.6 Å². The van der Waals surface area contributed by atoms with E-state index in [0.717, 1.165) is 10.6 Å². The summed E-state index contributed by atoms with van der Waals surface area (Å²) in [6.45, 7) is 2.04. The fraction of sp³-hybridized carbons (Fsp3) is 0.118. The number of aryl methyl sites for hydroxylation is 1. The molecular weight excluding hydrogens is 403 g/mol. The number of carbonyl (C=O) groups excluding carboxylic acids is 1. The Hall–Kier alpha value is -1.66. The third-order valence-electron chi connectivity index (χ3n) is 3.31. The first-order chi connectivity index (χ1) is 12.0. The molecule has 0 radical (unpaired) electrons. The van der Waals surface area contributed by atoms with Gasteiger partial charge in [0.05, 0.1) is 20.8 Å². The van der Waals surface area contributed by atoms with E-state index in [1.807, 2.05) is 36.6 Å². The fourth-order valence-electron chi connectivity index (χ4n) is 2.00. The van der Waals surface area contributed by atoms with E-state index in [9.17, 15) is 4.79 Å². The molecule has 0 N–H and O–H groups in total. The van der Waals surface area contributed by atoms with Gasteiger partial charge in [-0.15, -0.1) is 11.3 Å². The number of nitrogens with zero attached hydrogens (tertiary/aromatic N) is 2. The molecule has 8 heteroatoms. The summed E-state index contributed by atoms with van der Waals surface area (Å²) in [5.74, 6) is -0.687. The Kier molecular flexibility index (Phi) is 5.59. The summed E-state index contributed by atoms with van der Waals surface area (Å²) in [4.78, 5) is 20.5. The molecule has 3 aromatic rings. The molecule has 0 spiro atoms. The quantitative estimate of drug-likeness (QED) is 0.505. The second kappa shape index (κ2) is 7.70. The maximum Gasteiger partial charge on any atom is 0.358 e. The number of aromatic nitrogens is 2. The molecule has 0 atom stereocenters. The van der Waals surface area contributed by atoms with Crippen LogP contribution in [-0.2, 0) is 11.3 Å². The third-order valence-corrected chi connectivity index (χ3v) is 5.49. The number of hydrogen-bond acceptors (Lipinski definition) is 5. The van der Waals surface area contributed by atoms with Crippen LogP contribution in [0.2, 0.25) is 15.1 Å². The normalized spacial score (nSPS) is 10.7. The number of esters is 1. The summed E-state index contributed by atoms with van der Waals surface area (Å²) in [6, 6.07) is 8.05. The average molecular weight is 414 g/mol. The van der Waals surface area contributed by atoms with Crippen LogP contribution in [0, 0.1) is 6.92 Å². The molecule has 0 bridgehead atoms. The Morgan fingerprint density at radius 3 is 2.60 bits per heavy atom. The van der Waals surface area contributed by atoms with Gasteiger partial charge < -0.3 is 4.74 Å². The highest BCUT2D eigenvalue weighted by molar-refractivity contribution is 7.13. The largest absolute Gasteiger partial charge is 0.454 e. The number of benzene rings is 1. The van der Waals surface area contributed by atoms with Gasteiger partial charge in [-0.1, -0.05) is 64.6 Å². The zero-order valence-electron chi connectivity index (χ0n) is 12.9. The minimum absolute atomic E-state index is 0.0133. The monoisotopic (exact) mass is 412 g/mol. The van der Waals surface area contributed by atoms with E-state index >= 15 is 0 Å². The molecule has 2 heterocycles. The van der Waals surface area contributed by atoms with E-state index < -0.39 is 5.97 Å². The molecular formula is C17H11Cl3N2O2S. The van der Waals surface area contributed by atoms with Gasteiger partial charge in [0.25, 0.3) is 0 Å². The van der Waals surface area contributed by atoms with Gasteiger partial charge in [0.2, 0.25) is 0 Å². The highest BCUT2D eigenvalue weighted by Gasteiger charge is 2.19. The predicted octanol–water partition coefficient (Wildman–Crippen LogP) is 5.83. The van der Waals surface area contributed by atoms with E-state index in [1.165, 1.54) is 23.1 Å². The van der Waals surface area contributed by atoms with Crippen molar-refractivity contribution >= 4 is 52.1 Å². The van der Waals surface area contributed by atoms with E-state index in [4.69, 9.17) is 39.5 Å². The van der Waals surface area contributed by atoms with Crippen molar-refractivity contribution in [1.29, 1.82) is 0 Å². The summed E-state index contributed by atoms with van der Waals surface area (Å²) in [5.41, 5.74) is 2.76. The Labute approximate surface area is 163 Å². The average Bonchev–Trinajstić information content (AvgIpc) is 3.07. The van der Waals surface area contributed by atoms with Crippen LogP contribution in [0.15, 0.2) is 35.8 Å². The van der Waals surface area contributed by atoms with Gasteiger partial charge in [-0.2, -0.15) is 0 Å². The lowest BCUT2D eigenvalue weighted by Gasteiger charge is -2.06. The molecule has 3 rings (SSSR count). The van der Waals surface area contributed by atoms with Crippen molar-refractivity contribution in [3.05, 3.63) is 67.9 Å². The number of rotatable bonds is 4. The van der Waals surface area contributed by atoms with E-state index in [2.05, 4.69) is 9.97 Å². The first-order valence-electron chi connectivity index (χ1n) is 7.13. The second-order valence-corrected chi connectivity index (χ2v) is 7.19. The van der Waals surface area contributed by atoms with Crippen LogP contribution in [0.5, 0.6) is 0 Å². The minimum Gasteiger partial charge on any atom is -0.454 e. The Morgan fingerprint density at radius 1 is 1.16 bits per heavy atom. The molecule has 0 fully saturated rings. The van der Waals surface area contributed by atoms with Gasteiger partial charge in [0.1, 0.15) is 11.6 Å². The van der Waals surface area contributed by atoms with Crippen molar-refractivity contribution in [1.82, 2.24) is 9.97 Å². The zero-order chi connectivity index (χ0) is 18.0. The number of thiazole rings is 1. The molecule has 25 heavy (non-hydrogen) atoms. The second-order valence-electron chi connectivity index (χ2n) is 5.17.